The molecule has 5 nitrogen and oxygen atoms in total. The fraction of sp³-hybridized carbons (Fsp3) is 0.107. The van der Waals surface area contributed by atoms with E-state index in [0.717, 1.165) is 33.4 Å². The molecule has 0 aliphatic carbocycles. The number of pyridine rings is 1. The van der Waals surface area contributed by atoms with Crippen molar-refractivity contribution in [1.82, 2.24) is 4.98 Å². The van der Waals surface area contributed by atoms with Crippen molar-refractivity contribution in [1.29, 1.82) is 0 Å². The van der Waals surface area contributed by atoms with Crippen LogP contribution in [0.15, 0.2) is 96.3 Å². The molecule has 1 aromatic heterocycles. The van der Waals surface area contributed by atoms with Gasteiger partial charge in [-0.3, -0.25) is 0 Å². The molecule has 0 aliphatic heterocycles. The lowest BCUT2D eigenvalue weighted by Crippen LogP contribution is -2.12. The van der Waals surface area contributed by atoms with Crippen molar-refractivity contribution in [2.24, 2.45) is 5.16 Å². The topological polar surface area (TPSA) is 82.8 Å². The van der Waals surface area contributed by atoms with E-state index in [1.165, 1.54) is 0 Å². The first-order valence-electron chi connectivity index (χ1n) is 10.8. The molecule has 1 atom stereocenters. The molecule has 4 aromatic rings. The molecule has 1 heterocycles. The van der Waals surface area contributed by atoms with Crippen molar-refractivity contribution < 1.29 is 15.1 Å². The Bertz CT molecular complexity index is 1330. The average Bonchev–Trinajstić information content (AvgIpc) is 2.86. The molecule has 34 heavy (non-hydrogen) atoms. The van der Waals surface area contributed by atoms with E-state index in [2.05, 4.69) is 41.3 Å². The first-order chi connectivity index (χ1) is 16.5. The lowest BCUT2D eigenvalue weighted by atomic mass is 9.83. The number of benzene rings is 3. The second-order valence-electron chi connectivity index (χ2n) is 8.03. The highest BCUT2D eigenvalue weighted by Gasteiger charge is 2.20. The fourth-order valence-electron chi connectivity index (χ4n) is 4.09. The molecular formula is C28H23ClN2O3. The van der Waals surface area contributed by atoms with Crippen LogP contribution in [-0.2, 0) is 0 Å². The Morgan fingerprint density at radius 3 is 2.18 bits per heavy atom. The predicted octanol–water partition coefficient (Wildman–Crippen LogP) is 6.81. The van der Waals surface area contributed by atoms with Gasteiger partial charge in [0.05, 0.1) is 11.3 Å². The van der Waals surface area contributed by atoms with Crippen LogP contribution in [0.5, 0.6) is 0 Å². The van der Waals surface area contributed by atoms with Gasteiger partial charge in [0, 0.05) is 24.1 Å². The van der Waals surface area contributed by atoms with Gasteiger partial charge in [-0.05, 0) is 59.0 Å². The lowest BCUT2D eigenvalue weighted by Gasteiger charge is -2.21. The van der Waals surface area contributed by atoms with Crippen LogP contribution in [0.25, 0.3) is 11.1 Å². The molecule has 170 valence electrons. The molecular weight excluding hydrogens is 448 g/mol. The maximum absolute atomic E-state index is 11.1. The SMILES string of the molecule is Cc1ccccc1[C@H](C/C(=N/O)c1ccnc(Cl)c1)c1ccc(-c2ccc(C(=O)O)cc2)cc1. The van der Waals surface area contributed by atoms with Gasteiger partial charge >= 0.3 is 5.97 Å². The summed E-state index contributed by atoms with van der Waals surface area (Å²) in [6, 6.07) is 26.6. The Morgan fingerprint density at radius 1 is 0.941 bits per heavy atom. The van der Waals surface area contributed by atoms with Crippen molar-refractivity contribution in [3.63, 3.8) is 0 Å². The van der Waals surface area contributed by atoms with Gasteiger partial charge in [0.15, 0.2) is 0 Å². The Balaban J connectivity index is 1.69. The van der Waals surface area contributed by atoms with Gasteiger partial charge in [-0.1, -0.05) is 77.4 Å². The maximum Gasteiger partial charge on any atom is 0.335 e. The monoisotopic (exact) mass is 470 g/mol. The minimum Gasteiger partial charge on any atom is -0.478 e. The van der Waals surface area contributed by atoms with Gasteiger partial charge in [0.2, 0.25) is 0 Å². The number of oxime groups is 1. The summed E-state index contributed by atoms with van der Waals surface area (Å²) in [4.78, 5) is 15.1. The van der Waals surface area contributed by atoms with Crippen LogP contribution in [0.1, 0.15) is 45.0 Å². The van der Waals surface area contributed by atoms with Gasteiger partial charge < -0.3 is 10.3 Å². The smallest absolute Gasteiger partial charge is 0.335 e. The molecule has 6 heteroatoms. The molecule has 0 aliphatic rings. The lowest BCUT2D eigenvalue weighted by molar-refractivity contribution is 0.0697. The van der Waals surface area contributed by atoms with E-state index in [-0.39, 0.29) is 11.5 Å². The van der Waals surface area contributed by atoms with E-state index in [0.29, 0.717) is 17.3 Å². The number of aryl methyl sites for hydroxylation is 1. The number of carbonyl (C=O) groups is 1. The fourth-order valence-corrected chi connectivity index (χ4v) is 4.26. The van der Waals surface area contributed by atoms with Gasteiger partial charge in [0.1, 0.15) is 5.15 Å². The first-order valence-corrected chi connectivity index (χ1v) is 11.2. The maximum atomic E-state index is 11.1. The van der Waals surface area contributed by atoms with Crippen molar-refractivity contribution in [3.05, 3.63) is 124 Å². The van der Waals surface area contributed by atoms with E-state index in [1.54, 1.807) is 42.6 Å². The Hall–Kier alpha value is -3.96. The number of aromatic nitrogens is 1. The van der Waals surface area contributed by atoms with Crippen LogP contribution in [0.3, 0.4) is 0 Å². The molecule has 0 saturated heterocycles. The van der Waals surface area contributed by atoms with E-state index < -0.39 is 5.97 Å². The number of aromatic carboxylic acids is 1. The Morgan fingerprint density at radius 2 is 1.59 bits per heavy atom. The van der Waals surface area contributed by atoms with Crippen LogP contribution in [0.2, 0.25) is 5.15 Å². The van der Waals surface area contributed by atoms with Crippen molar-refractivity contribution in [3.8, 4) is 11.1 Å². The molecule has 3 aromatic carbocycles. The number of nitrogens with zero attached hydrogens (tertiary/aromatic N) is 2. The minimum atomic E-state index is -0.945. The summed E-state index contributed by atoms with van der Waals surface area (Å²) in [7, 11) is 0. The number of carboxylic acid groups (broad SMARTS) is 1. The summed E-state index contributed by atoms with van der Waals surface area (Å²) in [5.74, 6) is -0.998. The molecule has 2 N–H and O–H groups in total. The standard InChI is InChI=1S/C28H23ClN2O3/c1-18-4-2-3-5-24(18)25(17-26(31-34)23-14-15-30-27(29)16-23)21-10-6-19(7-11-21)20-8-12-22(13-9-20)28(32)33/h2-16,25,34H,17H2,1H3,(H,32,33)/b31-26-/t25-/m1/s1. The first kappa shape index (κ1) is 23.2. The number of carboxylic acids is 1. The van der Waals surface area contributed by atoms with Gasteiger partial charge in [-0.2, -0.15) is 0 Å². The third-order valence-electron chi connectivity index (χ3n) is 5.92. The number of hydrogen-bond acceptors (Lipinski definition) is 4. The molecule has 0 saturated carbocycles. The van der Waals surface area contributed by atoms with Crippen LogP contribution in [0.4, 0.5) is 0 Å². The summed E-state index contributed by atoms with van der Waals surface area (Å²) in [5.41, 5.74) is 6.78. The zero-order chi connectivity index (χ0) is 24.1. The molecule has 4 rings (SSSR count). The zero-order valence-electron chi connectivity index (χ0n) is 18.5. The molecule has 0 bridgehead atoms. The molecule has 0 radical (unpaired) electrons. The Kier molecular flexibility index (Phi) is 7.04. The number of hydrogen-bond donors (Lipinski definition) is 2. The third kappa shape index (κ3) is 5.16. The van der Waals surface area contributed by atoms with Gasteiger partial charge in [-0.25, -0.2) is 9.78 Å². The van der Waals surface area contributed by atoms with Crippen LogP contribution < -0.4 is 0 Å². The van der Waals surface area contributed by atoms with Crippen molar-refractivity contribution in [2.45, 2.75) is 19.3 Å². The third-order valence-corrected chi connectivity index (χ3v) is 6.13. The number of halogens is 1. The largest absolute Gasteiger partial charge is 0.478 e. The van der Waals surface area contributed by atoms with E-state index in [1.807, 2.05) is 24.3 Å². The summed E-state index contributed by atoms with van der Waals surface area (Å²) in [6.45, 7) is 2.07. The quantitative estimate of drug-likeness (QED) is 0.134. The molecule has 0 unspecified atom stereocenters. The van der Waals surface area contributed by atoms with Crippen molar-refractivity contribution in [2.75, 3.05) is 0 Å². The second-order valence-corrected chi connectivity index (χ2v) is 8.42. The highest BCUT2D eigenvalue weighted by molar-refractivity contribution is 6.29. The minimum absolute atomic E-state index is 0.0533. The van der Waals surface area contributed by atoms with Crippen LogP contribution in [0, 0.1) is 6.92 Å². The summed E-state index contributed by atoms with van der Waals surface area (Å²) < 4.78 is 0. The summed E-state index contributed by atoms with van der Waals surface area (Å²) in [6.07, 6.45) is 2.06. The second kappa shape index (κ2) is 10.3. The zero-order valence-corrected chi connectivity index (χ0v) is 19.3. The van der Waals surface area contributed by atoms with Crippen LogP contribution in [-0.4, -0.2) is 27.0 Å². The van der Waals surface area contributed by atoms with E-state index >= 15 is 0 Å². The molecule has 0 amide bonds. The average molecular weight is 471 g/mol. The van der Waals surface area contributed by atoms with Crippen LogP contribution >= 0.6 is 11.6 Å². The van der Waals surface area contributed by atoms with Gasteiger partial charge in [-0.15, -0.1) is 0 Å². The highest BCUT2D eigenvalue weighted by Crippen LogP contribution is 2.33. The number of rotatable bonds is 7. The summed E-state index contributed by atoms with van der Waals surface area (Å²) in [5, 5.41) is 22.9. The van der Waals surface area contributed by atoms with Crippen molar-refractivity contribution >= 4 is 23.3 Å². The summed E-state index contributed by atoms with van der Waals surface area (Å²) >= 11 is 6.06. The van der Waals surface area contributed by atoms with E-state index in [9.17, 15) is 10.0 Å². The Labute approximate surface area is 203 Å². The normalized spacial score (nSPS) is 12.4. The highest BCUT2D eigenvalue weighted by atomic mass is 35.5. The molecule has 0 spiro atoms. The molecule has 0 fully saturated rings. The predicted molar refractivity (Wildman–Crippen MR) is 134 cm³/mol. The van der Waals surface area contributed by atoms with E-state index in [4.69, 9.17) is 16.7 Å². The van der Waals surface area contributed by atoms with Gasteiger partial charge in [0.25, 0.3) is 0 Å².